The van der Waals surface area contributed by atoms with Crippen LogP contribution in [0.1, 0.15) is 26.9 Å². The predicted molar refractivity (Wildman–Crippen MR) is 113 cm³/mol. The number of aromatic amines is 1. The van der Waals surface area contributed by atoms with Gasteiger partial charge in [-0.2, -0.15) is 0 Å². The number of aliphatic carboxylic acids is 1. The zero-order chi connectivity index (χ0) is 20.8. The maximum atomic E-state index is 13.0. The molecule has 0 unspecified atom stereocenters. The van der Waals surface area contributed by atoms with Crippen LogP contribution in [0.25, 0.3) is 10.9 Å². The van der Waals surface area contributed by atoms with E-state index >= 15 is 0 Å². The SMILES string of the molecule is O=C(O)[C@@H](Cc1c[nH]c2ccccc12)NC(=O)[C@@H]1CS[C@@H]2c3ccccc3C(=O)N21. The molecule has 3 N–H and O–H groups in total. The molecule has 3 atom stereocenters. The van der Waals surface area contributed by atoms with Crippen LogP contribution in [0.15, 0.2) is 54.7 Å². The van der Waals surface area contributed by atoms with Crippen LogP contribution in [0.5, 0.6) is 0 Å². The first-order chi connectivity index (χ1) is 14.5. The number of amides is 2. The summed E-state index contributed by atoms with van der Waals surface area (Å²) in [7, 11) is 0. The van der Waals surface area contributed by atoms with E-state index < -0.39 is 24.0 Å². The van der Waals surface area contributed by atoms with E-state index in [4.69, 9.17) is 0 Å². The molecule has 2 aromatic carbocycles. The van der Waals surface area contributed by atoms with Gasteiger partial charge in [0, 0.05) is 34.8 Å². The number of para-hydroxylation sites is 1. The van der Waals surface area contributed by atoms with Crippen molar-refractivity contribution in [3.05, 3.63) is 71.4 Å². The highest BCUT2D eigenvalue weighted by Crippen LogP contribution is 2.48. The number of thioether (sulfide) groups is 1. The molecule has 1 aromatic heterocycles. The summed E-state index contributed by atoms with van der Waals surface area (Å²) in [6.07, 6.45) is 1.93. The third-order valence-electron chi connectivity index (χ3n) is 5.71. The van der Waals surface area contributed by atoms with Crippen molar-refractivity contribution in [3.8, 4) is 0 Å². The molecule has 2 aliphatic rings. The lowest BCUT2D eigenvalue weighted by Gasteiger charge is -2.24. The fourth-order valence-electron chi connectivity index (χ4n) is 4.23. The van der Waals surface area contributed by atoms with Crippen molar-refractivity contribution in [1.29, 1.82) is 0 Å². The number of nitrogens with zero attached hydrogens (tertiary/aromatic N) is 1. The van der Waals surface area contributed by atoms with Crippen molar-refractivity contribution in [2.75, 3.05) is 5.75 Å². The molecule has 0 spiro atoms. The zero-order valence-electron chi connectivity index (χ0n) is 15.9. The lowest BCUT2D eigenvalue weighted by molar-refractivity contribution is -0.142. The third-order valence-corrected chi connectivity index (χ3v) is 7.01. The maximum absolute atomic E-state index is 13.0. The van der Waals surface area contributed by atoms with E-state index in [2.05, 4.69) is 10.3 Å². The van der Waals surface area contributed by atoms with Gasteiger partial charge in [0.2, 0.25) is 5.91 Å². The standard InChI is InChI=1S/C22H19N3O4S/c26-19(18-11-30-21-15-7-2-1-6-14(15)20(27)25(18)21)24-17(22(28)29)9-12-10-23-16-8-4-3-5-13(12)16/h1-8,10,17-18,21,23H,9,11H2,(H,24,26)(H,28,29)/t17-,18+,21-/m1/s1. The predicted octanol–water partition coefficient (Wildman–Crippen LogP) is 2.55. The summed E-state index contributed by atoms with van der Waals surface area (Å²) in [5, 5.41) is 13.1. The molecule has 3 heterocycles. The molecule has 152 valence electrons. The van der Waals surface area contributed by atoms with Crippen molar-refractivity contribution < 1.29 is 19.5 Å². The molecule has 0 radical (unpaired) electrons. The zero-order valence-corrected chi connectivity index (χ0v) is 16.7. The van der Waals surface area contributed by atoms with Crippen molar-refractivity contribution in [2.24, 2.45) is 0 Å². The monoisotopic (exact) mass is 421 g/mol. The second kappa shape index (κ2) is 7.21. The van der Waals surface area contributed by atoms with Crippen LogP contribution in [0, 0.1) is 0 Å². The lowest BCUT2D eigenvalue weighted by Crippen LogP contribution is -2.51. The van der Waals surface area contributed by atoms with E-state index in [1.54, 1.807) is 23.2 Å². The Morgan fingerprint density at radius 1 is 1.20 bits per heavy atom. The number of carboxylic acid groups (broad SMARTS) is 1. The van der Waals surface area contributed by atoms with Crippen LogP contribution < -0.4 is 5.32 Å². The highest BCUT2D eigenvalue weighted by Gasteiger charge is 2.48. The molecular formula is C22H19N3O4S. The topological polar surface area (TPSA) is 102 Å². The Bertz CT molecular complexity index is 1170. The van der Waals surface area contributed by atoms with Crippen LogP contribution in [0.2, 0.25) is 0 Å². The van der Waals surface area contributed by atoms with Crippen molar-refractivity contribution in [2.45, 2.75) is 23.9 Å². The van der Waals surface area contributed by atoms with Crippen molar-refractivity contribution in [3.63, 3.8) is 0 Å². The van der Waals surface area contributed by atoms with Gasteiger partial charge in [0.05, 0.1) is 0 Å². The van der Waals surface area contributed by atoms with Gasteiger partial charge in [-0.05, 0) is 23.3 Å². The number of carbonyl (C=O) groups is 3. The van der Waals surface area contributed by atoms with Crippen LogP contribution in [-0.4, -0.2) is 50.6 Å². The summed E-state index contributed by atoms with van der Waals surface area (Å²) >= 11 is 1.53. The summed E-state index contributed by atoms with van der Waals surface area (Å²) in [6.45, 7) is 0. The molecule has 5 rings (SSSR count). The van der Waals surface area contributed by atoms with Gasteiger partial charge in [0.1, 0.15) is 17.5 Å². The molecule has 1 saturated heterocycles. The van der Waals surface area contributed by atoms with E-state index in [0.29, 0.717) is 11.3 Å². The summed E-state index contributed by atoms with van der Waals surface area (Å²) in [5.74, 6) is -1.27. The van der Waals surface area contributed by atoms with E-state index in [0.717, 1.165) is 22.0 Å². The average molecular weight is 421 g/mol. The van der Waals surface area contributed by atoms with E-state index in [-0.39, 0.29) is 17.7 Å². The summed E-state index contributed by atoms with van der Waals surface area (Å²) in [4.78, 5) is 42.4. The number of rotatable bonds is 5. The second-order valence-electron chi connectivity index (χ2n) is 7.46. The molecule has 8 heteroatoms. The van der Waals surface area contributed by atoms with Gasteiger partial charge >= 0.3 is 5.97 Å². The quantitative estimate of drug-likeness (QED) is 0.588. The van der Waals surface area contributed by atoms with E-state index in [1.165, 1.54) is 11.8 Å². The van der Waals surface area contributed by atoms with Gasteiger partial charge < -0.3 is 20.3 Å². The number of hydrogen-bond donors (Lipinski definition) is 3. The first-order valence-electron chi connectivity index (χ1n) is 9.66. The number of benzene rings is 2. The molecule has 7 nitrogen and oxygen atoms in total. The minimum absolute atomic E-state index is 0.155. The fourth-order valence-corrected chi connectivity index (χ4v) is 5.70. The van der Waals surface area contributed by atoms with Crippen molar-refractivity contribution in [1.82, 2.24) is 15.2 Å². The number of nitrogens with one attached hydrogen (secondary N) is 2. The fraction of sp³-hybridized carbons (Fsp3) is 0.227. The number of carbonyl (C=O) groups excluding carboxylic acids is 2. The summed E-state index contributed by atoms with van der Waals surface area (Å²) in [5.41, 5.74) is 3.26. The number of hydrogen-bond acceptors (Lipinski definition) is 4. The van der Waals surface area contributed by atoms with Gasteiger partial charge in [0.15, 0.2) is 0 Å². The second-order valence-corrected chi connectivity index (χ2v) is 8.58. The molecule has 1 fully saturated rings. The molecular weight excluding hydrogens is 402 g/mol. The Morgan fingerprint density at radius 2 is 1.97 bits per heavy atom. The highest BCUT2D eigenvalue weighted by atomic mass is 32.2. The van der Waals surface area contributed by atoms with Gasteiger partial charge in [-0.15, -0.1) is 11.8 Å². The Morgan fingerprint density at radius 3 is 2.80 bits per heavy atom. The van der Waals surface area contributed by atoms with Crippen LogP contribution in [0.3, 0.4) is 0 Å². The van der Waals surface area contributed by atoms with E-state index in [1.807, 2.05) is 36.4 Å². The first-order valence-corrected chi connectivity index (χ1v) is 10.7. The van der Waals surface area contributed by atoms with Crippen molar-refractivity contribution >= 4 is 40.4 Å². The Hall–Kier alpha value is -3.26. The molecule has 0 bridgehead atoms. The number of carboxylic acids is 1. The molecule has 3 aromatic rings. The average Bonchev–Trinajstić information content (AvgIpc) is 3.43. The number of fused-ring (bicyclic) bond motifs is 4. The minimum atomic E-state index is -1.10. The first kappa shape index (κ1) is 18.7. The Balaban J connectivity index is 1.35. The largest absolute Gasteiger partial charge is 0.480 e. The molecule has 30 heavy (non-hydrogen) atoms. The summed E-state index contributed by atoms with van der Waals surface area (Å²) < 4.78 is 0. The molecule has 2 amide bonds. The molecule has 0 aliphatic carbocycles. The Kier molecular flexibility index (Phi) is 4.51. The molecule has 0 saturated carbocycles. The van der Waals surface area contributed by atoms with Crippen LogP contribution in [0.4, 0.5) is 0 Å². The van der Waals surface area contributed by atoms with Gasteiger partial charge in [-0.25, -0.2) is 4.79 Å². The Labute approximate surface area is 176 Å². The maximum Gasteiger partial charge on any atom is 0.326 e. The van der Waals surface area contributed by atoms with Crippen LogP contribution in [-0.2, 0) is 16.0 Å². The van der Waals surface area contributed by atoms with E-state index in [9.17, 15) is 19.5 Å². The van der Waals surface area contributed by atoms with Gasteiger partial charge in [0.25, 0.3) is 5.91 Å². The highest BCUT2D eigenvalue weighted by molar-refractivity contribution is 7.99. The number of H-pyrrole nitrogens is 1. The minimum Gasteiger partial charge on any atom is -0.480 e. The third kappa shape index (κ3) is 2.95. The normalized spacial score (nSPS) is 20.8. The smallest absolute Gasteiger partial charge is 0.326 e. The summed E-state index contributed by atoms with van der Waals surface area (Å²) in [6, 6.07) is 13.2. The molecule has 2 aliphatic heterocycles. The lowest BCUT2D eigenvalue weighted by atomic mass is 10.0. The van der Waals surface area contributed by atoms with Gasteiger partial charge in [-0.3, -0.25) is 9.59 Å². The van der Waals surface area contributed by atoms with Gasteiger partial charge in [-0.1, -0.05) is 36.4 Å². The van der Waals surface area contributed by atoms with Crippen LogP contribution >= 0.6 is 11.8 Å². The number of aromatic nitrogens is 1.